The van der Waals surface area contributed by atoms with Gasteiger partial charge in [0.2, 0.25) is 0 Å². The third kappa shape index (κ3) is 2.71. The second-order valence-corrected chi connectivity index (χ2v) is 2.22. The molecule has 1 aromatic rings. The predicted molar refractivity (Wildman–Crippen MR) is 42.6 cm³/mol. The minimum Gasteiger partial charge on any atom is -0.506 e. The molecule has 0 fully saturated rings. The summed E-state index contributed by atoms with van der Waals surface area (Å²) in [6.45, 7) is 1.93. The molecule has 0 saturated carbocycles. The van der Waals surface area contributed by atoms with Crippen molar-refractivity contribution in [2.75, 3.05) is 0 Å². The van der Waals surface area contributed by atoms with Crippen LogP contribution in [0.1, 0.15) is 5.56 Å². The Hall–Kier alpha value is -1.51. The maximum atomic E-state index is 9.07. The van der Waals surface area contributed by atoms with Crippen LogP contribution in [-0.4, -0.2) is 15.3 Å². The molecule has 0 aliphatic heterocycles. The summed E-state index contributed by atoms with van der Waals surface area (Å²) in [5, 5.41) is 15.4. The maximum absolute atomic E-state index is 9.07. The van der Waals surface area contributed by atoms with Gasteiger partial charge in [0.15, 0.2) is 0 Å². The van der Waals surface area contributed by atoms with Gasteiger partial charge in [-0.2, -0.15) is 5.10 Å². The maximum Gasteiger partial charge on any atom is 0.133 e. The highest BCUT2D eigenvalue weighted by Crippen LogP contribution is 2.00. The van der Waals surface area contributed by atoms with Gasteiger partial charge < -0.3 is 5.11 Å². The number of nitrogens with one attached hydrogen (secondary N) is 1. The molecule has 0 radical (unpaired) electrons. The molecule has 0 aliphatic rings. The highest BCUT2D eigenvalue weighted by atomic mass is 16.3. The molecule has 3 nitrogen and oxygen atoms in total. The molecule has 0 bridgehead atoms. The number of aryl methyl sites for hydroxylation is 1. The average molecular weight is 150 g/mol. The minimum atomic E-state index is 0.164. The van der Waals surface area contributed by atoms with Gasteiger partial charge in [-0.25, -0.2) is 0 Å². The number of aromatic nitrogens is 2. The normalized spacial score (nSPS) is 8.82. The zero-order valence-corrected chi connectivity index (χ0v) is 6.28. The first kappa shape index (κ1) is 7.60. The van der Waals surface area contributed by atoms with Crippen molar-refractivity contribution in [2.24, 2.45) is 0 Å². The Morgan fingerprint density at radius 1 is 1.36 bits per heavy atom. The largest absolute Gasteiger partial charge is 0.506 e. The van der Waals surface area contributed by atoms with Crippen LogP contribution in [0.3, 0.4) is 0 Å². The topological polar surface area (TPSA) is 48.9 Å². The molecule has 0 saturated heterocycles. The van der Waals surface area contributed by atoms with Gasteiger partial charge in [0, 0.05) is 6.20 Å². The molecule has 1 aromatic heterocycles. The van der Waals surface area contributed by atoms with Gasteiger partial charge in [0.25, 0.3) is 0 Å². The molecule has 0 unspecified atom stereocenters. The lowest BCUT2D eigenvalue weighted by Crippen LogP contribution is -1.67. The van der Waals surface area contributed by atoms with Crippen molar-refractivity contribution in [1.82, 2.24) is 10.2 Å². The van der Waals surface area contributed by atoms with Crippen LogP contribution < -0.4 is 0 Å². The first-order valence-electron chi connectivity index (χ1n) is 3.32. The van der Waals surface area contributed by atoms with E-state index >= 15 is 0 Å². The summed E-state index contributed by atoms with van der Waals surface area (Å²) >= 11 is 0. The fourth-order valence-corrected chi connectivity index (χ4v) is 0.622. The lowest BCUT2D eigenvalue weighted by atomic mass is 10.3. The molecule has 1 heterocycles. The summed E-state index contributed by atoms with van der Waals surface area (Å²) in [6, 6.07) is 5.26. The molecule has 11 heavy (non-hydrogen) atoms. The molecule has 0 aromatic carbocycles. The van der Waals surface area contributed by atoms with Gasteiger partial charge in [-0.15, -0.1) is 0 Å². The lowest BCUT2D eigenvalue weighted by Gasteiger charge is -1.80. The van der Waals surface area contributed by atoms with Gasteiger partial charge in [-0.05, 0) is 24.6 Å². The number of aromatic amines is 1. The van der Waals surface area contributed by atoms with E-state index in [9.17, 15) is 0 Å². The van der Waals surface area contributed by atoms with Crippen LogP contribution in [0.15, 0.2) is 30.6 Å². The van der Waals surface area contributed by atoms with Gasteiger partial charge in [0.1, 0.15) is 5.75 Å². The van der Waals surface area contributed by atoms with Gasteiger partial charge in [-0.1, -0.05) is 6.07 Å². The van der Waals surface area contributed by atoms with Gasteiger partial charge in [0.05, 0.1) is 6.20 Å². The van der Waals surface area contributed by atoms with Crippen LogP contribution in [0.2, 0.25) is 0 Å². The van der Waals surface area contributed by atoms with Gasteiger partial charge in [-0.3, -0.25) is 5.10 Å². The highest BCUT2D eigenvalue weighted by molar-refractivity contribution is 5.15. The molecule has 0 aliphatic carbocycles. The van der Waals surface area contributed by atoms with E-state index in [0.29, 0.717) is 0 Å². The molecule has 1 rings (SSSR count). The van der Waals surface area contributed by atoms with Crippen molar-refractivity contribution < 1.29 is 5.11 Å². The van der Waals surface area contributed by atoms with Crippen LogP contribution in [0.25, 0.3) is 0 Å². The quantitative estimate of drug-likeness (QED) is 0.589. The van der Waals surface area contributed by atoms with Crippen molar-refractivity contribution in [3.8, 4) is 5.75 Å². The SMILES string of the molecule is Cc1ccn[nH]cc(O)cc1. The Labute approximate surface area is 65.0 Å². The Morgan fingerprint density at radius 3 is 3.00 bits per heavy atom. The average Bonchev–Trinajstić information content (AvgIpc) is 2.06. The minimum absolute atomic E-state index is 0.164. The Morgan fingerprint density at radius 2 is 2.18 bits per heavy atom. The summed E-state index contributed by atoms with van der Waals surface area (Å²) in [7, 11) is 0. The van der Waals surface area contributed by atoms with Crippen LogP contribution in [-0.2, 0) is 0 Å². The predicted octanol–water partition coefficient (Wildman–Crippen LogP) is 1.55. The molecular formula is C8H10N2O. The van der Waals surface area contributed by atoms with Crippen molar-refractivity contribution >= 4 is 0 Å². The van der Waals surface area contributed by atoms with Gasteiger partial charge >= 0.3 is 0 Å². The Bertz CT molecular complexity index is 252. The van der Waals surface area contributed by atoms with E-state index < -0.39 is 0 Å². The third-order valence-electron chi connectivity index (χ3n) is 1.22. The molecular weight excluding hydrogens is 140 g/mol. The monoisotopic (exact) mass is 150 g/mol. The second kappa shape index (κ2) is 3.61. The zero-order chi connectivity index (χ0) is 8.10. The number of H-pyrrole nitrogens is 1. The summed E-state index contributed by atoms with van der Waals surface area (Å²) in [5.74, 6) is 0.164. The zero-order valence-electron chi connectivity index (χ0n) is 6.28. The molecule has 0 spiro atoms. The van der Waals surface area contributed by atoms with Crippen LogP contribution in [0.5, 0.6) is 5.75 Å². The van der Waals surface area contributed by atoms with E-state index in [0.717, 1.165) is 5.56 Å². The number of hydrogen-bond acceptors (Lipinski definition) is 2. The molecule has 0 amide bonds. The van der Waals surface area contributed by atoms with E-state index in [4.69, 9.17) is 5.11 Å². The number of nitrogens with zero attached hydrogens (tertiary/aromatic N) is 1. The number of rotatable bonds is 0. The Kier molecular flexibility index (Phi) is 2.49. The van der Waals surface area contributed by atoms with E-state index in [-0.39, 0.29) is 5.75 Å². The van der Waals surface area contributed by atoms with Crippen molar-refractivity contribution in [3.63, 3.8) is 0 Å². The van der Waals surface area contributed by atoms with Crippen molar-refractivity contribution in [2.45, 2.75) is 6.92 Å². The lowest BCUT2D eigenvalue weighted by molar-refractivity contribution is 0.473. The fraction of sp³-hybridized carbons (Fsp3) is 0.125. The molecule has 0 atom stereocenters. The smallest absolute Gasteiger partial charge is 0.133 e. The summed E-state index contributed by atoms with van der Waals surface area (Å²) in [4.78, 5) is 0. The second-order valence-electron chi connectivity index (χ2n) is 2.22. The van der Waals surface area contributed by atoms with Crippen LogP contribution >= 0.6 is 0 Å². The summed E-state index contributed by atoms with van der Waals surface area (Å²) < 4.78 is 0. The van der Waals surface area contributed by atoms with Crippen molar-refractivity contribution in [3.05, 3.63) is 36.2 Å². The fourth-order valence-electron chi connectivity index (χ4n) is 0.622. The third-order valence-corrected chi connectivity index (χ3v) is 1.22. The van der Waals surface area contributed by atoms with Crippen LogP contribution in [0.4, 0.5) is 0 Å². The molecule has 2 N–H and O–H groups in total. The first-order chi connectivity index (χ1) is 5.29. The Balaban J connectivity index is 3.23. The van der Waals surface area contributed by atoms with Crippen LogP contribution in [0, 0.1) is 6.92 Å². The summed E-state index contributed by atoms with van der Waals surface area (Å²) in [5.41, 5.74) is 1.04. The van der Waals surface area contributed by atoms with E-state index in [1.807, 2.05) is 19.1 Å². The summed E-state index contributed by atoms with van der Waals surface area (Å²) in [6.07, 6.45) is 3.05. The first-order valence-corrected chi connectivity index (χ1v) is 3.32. The molecule has 58 valence electrons. The van der Waals surface area contributed by atoms with E-state index in [1.165, 1.54) is 6.20 Å². The van der Waals surface area contributed by atoms with Crippen molar-refractivity contribution in [1.29, 1.82) is 0 Å². The molecule has 3 heteroatoms. The highest BCUT2D eigenvalue weighted by Gasteiger charge is 1.78. The van der Waals surface area contributed by atoms with E-state index in [2.05, 4.69) is 10.2 Å². The number of aromatic hydroxyl groups is 1. The number of hydrogen-bond donors (Lipinski definition) is 2. The standard InChI is InChI=1S/C8H10N2O/c1-7-2-3-8(11)6-10-9-5-4-7/h2-6,10-11H,1H3. The van der Waals surface area contributed by atoms with E-state index in [1.54, 1.807) is 12.3 Å².